The molecule has 0 saturated heterocycles. The summed E-state index contributed by atoms with van der Waals surface area (Å²) < 4.78 is 54.0. The number of halogens is 1. The van der Waals surface area contributed by atoms with Crippen LogP contribution in [0.4, 0.5) is 5.69 Å². The normalized spacial score (nSPS) is 15.7. The second kappa shape index (κ2) is 7.72. The van der Waals surface area contributed by atoms with Gasteiger partial charge < -0.3 is 5.11 Å². The minimum Gasteiger partial charge on any atom is -0.504 e. The number of anilines is 1. The molecule has 0 radical (unpaired) electrons. The fourth-order valence-corrected chi connectivity index (χ4v) is 6.46. The van der Waals surface area contributed by atoms with E-state index in [9.17, 15) is 27.2 Å². The first-order valence-electron chi connectivity index (χ1n) is 9.53. The molecule has 0 unspecified atom stereocenters. The van der Waals surface area contributed by atoms with Gasteiger partial charge in [-0.3, -0.25) is 9.71 Å². The van der Waals surface area contributed by atoms with Gasteiger partial charge >= 0.3 is 0 Å². The molecule has 3 aromatic rings. The van der Waals surface area contributed by atoms with Crippen molar-refractivity contribution >= 4 is 52.4 Å². The Morgan fingerprint density at radius 1 is 1.16 bits per heavy atom. The topological polar surface area (TPSA) is 137 Å². The third-order valence-electron chi connectivity index (χ3n) is 5.62. The van der Waals surface area contributed by atoms with Crippen molar-refractivity contribution in [2.75, 3.05) is 11.0 Å². The number of aromatic hydroxyl groups is 1. The monoisotopic (exact) mass is 535 g/mol. The van der Waals surface area contributed by atoms with E-state index in [2.05, 4.69) is 31.7 Å². The zero-order valence-electron chi connectivity index (χ0n) is 16.8. The summed E-state index contributed by atoms with van der Waals surface area (Å²) in [6, 6.07) is 11.3. The highest BCUT2D eigenvalue weighted by atomic mass is 79.9. The molecular weight excluding hydrogens is 518 g/mol. The van der Waals surface area contributed by atoms with Crippen molar-refractivity contribution in [3.63, 3.8) is 0 Å². The van der Waals surface area contributed by atoms with E-state index in [4.69, 9.17) is 0 Å². The van der Waals surface area contributed by atoms with Crippen LogP contribution in [0.1, 0.15) is 24.8 Å². The van der Waals surface area contributed by atoms with Crippen LogP contribution in [0.5, 0.6) is 5.75 Å². The van der Waals surface area contributed by atoms with Crippen LogP contribution in [-0.2, 0) is 25.3 Å². The number of hydrogen-bond acceptors (Lipinski definition) is 7. The molecule has 0 bridgehead atoms. The van der Waals surface area contributed by atoms with E-state index < -0.39 is 35.9 Å². The summed E-state index contributed by atoms with van der Waals surface area (Å²) in [7, 11) is -8.19. The quantitative estimate of drug-likeness (QED) is 0.473. The lowest BCUT2D eigenvalue weighted by Gasteiger charge is -2.36. The molecular formula is C21H18BrN3O5S2. The Morgan fingerprint density at radius 2 is 1.88 bits per heavy atom. The third kappa shape index (κ3) is 3.83. The van der Waals surface area contributed by atoms with Crippen LogP contribution >= 0.6 is 15.9 Å². The van der Waals surface area contributed by atoms with Crippen LogP contribution in [-0.4, -0.2) is 33.2 Å². The molecule has 0 amide bonds. The number of nitrogens with one attached hydrogen (secondary N) is 1. The summed E-state index contributed by atoms with van der Waals surface area (Å²) in [6.45, 7) is 0. The highest BCUT2D eigenvalue weighted by molar-refractivity contribution is 9.10. The summed E-state index contributed by atoms with van der Waals surface area (Å²) in [5, 5.41) is 20.9. The first kappa shape index (κ1) is 22.5. The number of nitriles is 1. The lowest BCUT2D eigenvalue weighted by molar-refractivity contribution is 0.323. The number of aromatic nitrogens is 1. The second-order valence-electron chi connectivity index (χ2n) is 7.77. The fraction of sp³-hybridized carbons (Fsp3) is 0.238. The Kier molecular flexibility index (Phi) is 5.43. The van der Waals surface area contributed by atoms with Crippen molar-refractivity contribution in [3.05, 3.63) is 52.6 Å². The van der Waals surface area contributed by atoms with E-state index >= 15 is 0 Å². The third-order valence-corrected chi connectivity index (χ3v) is 8.56. The number of rotatable bonds is 5. The molecule has 0 aliphatic heterocycles. The van der Waals surface area contributed by atoms with E-state index in [1.165, 1.54) is 24.4 Å². The number of pyridine rings is 1. The van der Waals surface area contributed by atoms with E-state index in [0.29, 0.717) is 28.3 Å². The maximum atomic E-state index is 13.3. The van der Waals surface area contributed by atoms with Gasteiger partial charge in [-0.05, 0) is 55.2 Å². The zero-order valence-corrected chi connectivity index (χ0v) is 20.1. The molecule has 1 aliphatic rings. The average molecular weight is 536 g/mol. The molecule has 11 heteroatoms. The Balaban J connectivity index is 1.91. The van der Waals surface area contributed by atoms with E-state index in [-0.39, 0.29) is 16.1 Å². The summed E-state index contributed by atoms with van der Waals surface area (Å²) >= 11 is 3.29. The molecule has 8 nitrogen and oxygen atoms in total. The second-order valence-corrected chi connectivity index (χ2v) is 12.3. The molecule has 0 atom stereocenters. The molecule has 1 fully saturated rings. The number of fused-ring (bicyclic) bond motifs is 1. The van der Waals surface area contributed by atoms with Gasteiger partial charge in [0.1, 0.15) is 9.79 Å². The molecule has 1 aromatic heterocycles. The average Bonchev–Trinajstić information content (AvgIpc) is 2.68. The Labute approximate surface area is 194 Å². The van der Waals surface area contributed by atoms with Gasteiger partial charge in [-0.1, -0.05) is 22.0 Å². The standard InChI is InChI=1S/C21H18BrN3O5S2/c1-31(27,28)18-10-14(21(12-23)5-3-6-21)9-16(20(18)26)25-32(29,30)17-11-15(22)8-13-4-2-7-24-19(13)17/h2,4,7-11,25-26H,3,5-6H2,1H3. The predicted molar refractivity (Wildman–Crippen MR) is 123 cm³/mol. The van der Waals surface area contributed by atoms with Crippen LogP contribution in [0.2, 0.25) is 0 Å². The van der Waals surface area contributed by atoms with E-state index in [0.717, 1.165) is 12.7 Å². The van der Waals surface area contributed by atoms with Crippen molar-refractivity contribution in [3.8, 4) is 11.8 Å². The van der Waals surface area contributed by atoms with Gasteiger partial charge in [-0.2, -0.15) is 5.26 Å². The first-order valence-corrected chi connectivity index (χ1v) is 13.7. The molecule has 1 aliphatic carbocycles. The molecule has 2 N–H and O–H groups in total. The summed E-state index contributed by atoms with van der Waals surface area (Å²) in [6.07, 6.45) is 4.20. The number of phenolic OH excluding ortho intramolecular Hbond substituents is 1. The first-order chi connectivity index (χ1) is 15.0. The van der Waals surface area contributed by atoms with Gasteiger partial charge in [-0.25, -0.2) is 16.8 Å². The van der Waals surface area contributed by atoms with Crippen molar-refractivity contribution in [1.29, 1.82) is 5.26 Å². The van der Waals surface area contributed by atoms with Gasteiger partial charge in [0.25, 0.3) is 10.0 Å². The maximum absolute atomic E-state index is 13.3. The Hall–Kier alpha value is -2.68. The fourth-order valence-electron chi connectivity index (χ4n) is 3.77. The van der Waals surface area contributed by atoms with Crippen LogP contribution in [0.3, 0.4) is 0 Å². The molecule has 166 valence electrons. The Morgan fingerprint density at radius 3 is 2.47 bits per heavy atom. The van der Waals surface area contributed by atoms with E-state index in [1.54, 1.807) is 18.2 Å². The summed E-state index contributed by atoms with van der Waals surface area (Å²) in [5.41, 5.74) is -0.667. The zero-order chi connectivity index (χ0) is 23.3. The number of sulfone groups is 1. The molecule has 1 heterocycles. The molecule has 4 rings (SSSR count). The number of phenols is 1. The van der Waals surface area contributed by atoms with Gasteiger partial charge in [0, 0.05) is 22.3 Å². The summed E-state index contributed by atoms with van der Waals surface area (Å²) in [4.78, 5) is 3.58. The predicted octanol–water partition coefficient (Wildman–Crippen LogP) is 3.85. The van der Waals surface area contributed by atoms with Crippen LogP contribution < -0.4 is 4.72 Å². The minimum absolute atomic E-state index is 0.146. The maximum Gasteiger partial charge on any atom is 0.264 e. The summed E-state index contributed by atoms with van der Waals surface area (Å²) in [5.74, 6) is -0.723. The Bertz CT molecular complexity index is 1510. The van der Waals surface area contributed by atoms with E-state index in [1.807, 2.05) is 0 Å². The highest BCUT2D eigenvalue weighted by Gasteiger charge is 2.40. The number of nitrogens with zero attached hydrogens (tertiary/aromatic N) is 2. The minimum atomic E-state index is -4.29. The lowest BCUT2D eigenvalue weighted by atomic mass is 9.65. The van der Waals surface area contributed by atoms with Crippen molar-refractivity contribution in [2.24, 2.45) is 0 Å². The largest absolute Gasteiger partial charge is 0.504 e. The lowest BCUT2D eigenvalue weighted by Crippen LogP contribution is -2.32. The van der Waals surface area contributed by atoms with Gasteiger partial charge in [0.05, 0.1) is 22.7 Å². The smallest absolute Gasteiger partial charge is 0.264 e. The molecule has 1 saturated carbocycles. The van der Waals surface area contributed by atoms with Gasteiger partial charge in [0.15, 0.2) is 15.6 Å². The van der Waals surface area contributed by atoms with Gasteiger partial charge in [0.2, 0.25) is 0 Å². The number of sulfonamides is 1. The van der Waals surface area contributed by atoms with Crippen LogP contribution in [0.25, 0.3) is 10.9 Å². The van der Waals surface area contributed by atoms with Crippen LogP contribution in [0.15, 0.2) is 56.9 Å². The number of benzene rings is 2. The van der Waals surface area contributed by atoms with Crippen LogP contribution in [0, 0.1) is 11.3 Å². The SMILES string of the molecule is CS(=O)(=O)c1cc(C2(C#N)CCC2)cc(NS(=O)(=O)c2cc(Br)cc3cccnc23)c1O. The highest BCUT2D eigenvalue weighted by Crippen LogP contribution is 2.47. The van der Waals surface area contributed by atoms with Crippen molar-refractivity contribution in [2.45, 2.75) is 34.5 Å². The molecule has 2 aromatic carbocycles. The number of hydrogen-bond donors (Lipinski definition) is 2. The van der Waals surface area contributed by atoms with Crippen molar-refractivity contribution < 1.29 is 21.9 Å². The van der Waals surface area contributed by atoms with Crippen molar-refractivity contribution in [1.82, 2.24) is 4.98 Å². The molecule has 32 heavy (non-hydrogen) atoms. The molecule has 0 spiro atoms. The van der Waals surface area contributed by atoms with Gasteiger partial charge in [-0.15, -0.1) is 0 Å².